The highest BCUT2D eigenvalue weighted by Gasteiger charge is 2.45. The Bertz CT molecular complexity index is 1020. The number of hydrogen-bond acceptors (Lipinski definition) is 9. The van der Waals surface area contributed by atoms with Gasteiger partial charge in [0.1, 0.15) is 30.7 Å². The Kier molecular flexibility index (Phi) is 4.89. The lowest BCUT2D eigenvalue weighted by Gasteiger charge is -2.17. The van der Waals surface area contributed by atoms with E-state index in [4.69, 9.17) is 4.74 Å². The number of imidazole rings is 1. The number of aromatic nitrogens is 4. The van der Waals surface area contributed by atoms with Gasteiger partial charge in [-0.1, -0.05) is 30.3 Å². The van der Waals surface area contributed by atoms with Crippen molar-refractivity contribution in [3.8, 4) is 6.07 Å². The number of hydrogen-bond donors (Lipinski definition) is 4. The van der Waals surface area contributed by atoms with Gasteiger partial charge >= 0.3 is 0 Å². The molecule has 4 N–H and O–H groups in total. The Balaban J connectivity index is 1.72. The fourth-order valence-corrected chi connectivity index (χ4v) is 3.23. The second-order valence-electron chi connectivity index (χ2n) is 6.38. The van der Waals surface area contributed by atoms with E-state index in [0.717, 1.165) is 5.56 Å². The number of fused-ring (bicyclic) bond motifs is 1. The van der Waals surface area contributed by atoms with Gasteiger partial charge in [-0.2, -0.15) is 5.26 Å². The number of aliphatic hydroxyl groups excluding tert-OH is 3. The lowest BCUT2D eigenvalue weighted by atomic mass is 10.1. The Morgan fingerprint density at radius 1 is 1.18 bits per heavy atom. The summed E-state index contributed by atoms with van der Waals surface area (Å²) >= 11 is 0. The molecule has 4 atom stereocenters. The molecule has 0 radical (unpaired) electrons. The van der Waals surface area contributed by atoms with Crippen LogP contribution in [-0.2, 0) is 11.3 Å². The highest BCUT2D eigenvalue weighted by Crippen LogP contribution is 2.33. The number of nitrogens with one attached hydrogen (secondary N) is 1. The van der Waals surface area contributed by atoms with E-state index in [1.54, 1.807) is 0 Å². The molecule has 0 amide bonds. The van der Waals surface area contributed by atoms with E-state index in [1.165, 1.54) is 10.9 Å². The van der Waals surface area contributed by atoms with Crippen molar-refractivity contribution in [3.63, 3.8) is 0 Å². The molecule has 1 fully saturated rings. The van der Waals surface area contributed by atoms with Gasteiger partial charge in [-0.15, -0.1) is 0 Å². The van der Waals surface area contributed by atoms with E-state index in [2.05, 4.69) is 20.3 Å². The number of anilines is 1. The summed E-state index contributed by atoms with van der Waals surface area (Å²) in [6.45, 7) is 0.0255. The van der Waals surface area contributed by atoms with Gasteiger partial charge in [0.2, 0.25) is 5.82 Å². The van der Waals surface area contributed by atoms with E-state index in [1.807, 2.05) is 36.4 Å². The first-order valence-corrected chi connectivity index (χ1v) is 8.67. The van der Waals surface area contributed by atoms with E-state index in [9.17, 15) is 20.6 Å². The normalized spacial score (nSPS) is 24.4. The standard InChI is InChI=1S/C18H18N6O4/c19-6-12-23-13-16(20-7-10-4-2-1-3-5-10)21-9-22-17(13)24(12)18-15(27)14(26)11(8-25)28-18/h1-5,9,11,14-15,18,25-27H,7-8H2,(H,20,21,22)/t11-,14-,15-,18?/m1/s1. The summed E-state index contributed by atoms with van der Waals surface area (Å²) in [4.78, 5) is 12.7. The molecule has 10 nitrogen and oxygen atoms in total. The summed E-state index contributed by atoms with van der Waals surface area (Å²) < 4.78 is 6.85. The summed E-state index contributed by atoms with van der Waals surface area (Å²) in [6.07, 6.45) is -3.41. The van der Waals surface area contributed by atoms with Crippen LogP contribution in [0.15, 0.2) is 36.7 Å². The van der Waals surface area contributed by atoms with Gasteiger partial charge < -0.3 is 25.4 Å². The maximum Gasteiger partial charge on any atom is 0.217 e. The number of nitrogens with zero attached hydrogens (tertiary/aromatic N) is 5. The minimum absolute atomic E-state index is 0.0481. The van der Waals surface area contributed by atoms with Crippen molar-refractivity contribution in [2.75, 3.05) is 11.9 Å². The molecule has 1 saturated heterocycles. The number of nitriles is 1. The average molecular weight is 382 g/mol. The van der Waals surface area contributed by atoms with Crippen molar-refractivity contribution in [2.24, 2.45) is 0 Å². The Morgan fingerprint density at radius 3 is 2.64 bits per heavy atom. The van der Waals surface area contributed by atoms with Crippen LogP contribution < -0.4 is 5.32 Å². The molecule has 0 aliphatic carbocycles. The van der Waals surface area contributed by atoms with Crippen molar-refractivity contribution in [2.45, 2.75) is 31.1 Å². The van der Waals surface area contributed by atoms with E-state index in [-0.39, 0.29) is 11.5 Å². The van der Waals surface area contributed by atoms with Crippen LogP contribution in [0.2, 0.25) is 0 Å². The first-order valence-electron chi connectivity index (χ1n) is 8.67. The summed E-state index contributed by atoms with van der Waals surface area (Å²) in [6, 6.07) is 11.7. The molecule has 3 heterocycles. The van der Waals surface area contributed by atoms with Gasteiger partial charge in [0, 0.05) is 6.54 Å². The lowest BCUT2D eigenvalue weighted by Crippen LogP contribution is -2.33. The molecular weight excluding hydrogens is 364 g/mol. The molecule has 10 heteroatoms. The van der Waals surface area contributed by atoms with Crippen LogP contribution >= 0.6 is 0 Å². The third kappa shape index (κ3) is 3.06. The fourth-order valence-electron chi connectivity index (χ4n) is 3.23. The average Bonchev–Trinajstić information content (AvgIpc) is 3.24. The van der Waals surface area contributed by atoms with Crippen molar-refractivity contribution in [1.29, 1.82) is 5.26 Å². The van der Waals surface area contributed by atoms with Gasteiger partial charge in [-0.05, 0) is 5.56 Å². The second-order valence-corrected chi connectivity index (χ2v) is 6.38. The van der Waals surface area contributed by atoms with Crippen LogP contribution in [0.4, 0.5) is 5.82 Å². The number of rotatable bonds is 5. The SMILES string of the molecule is N#Cc1nc2c(NCc3ccccc3)ncnc2n1C1O[C@H](CO)[C@@H](O)[C@H]1O. The monoisotopic (exact) mass is 382 g/mol. The molecule has 0 bridgehead atoms. The number of ether oxygens (including phenoxy) is 1. The molecular formula is C18H18N6O4. The maximum absolute atomic E-state index is 10.3. The van der Waals surface area contributed by atoms with Crippen LogP contribution in [0.25, 0.3) is 11.2 Å². The van der Waals surface area contributed by atoms with E-state index in [0.29, 0.717) is 17.9 Å². The van der Waals surface area contributed by atoms with Crippen molar-refractivity contribution in [1.82, 2.24) is 19.5 Å². The summed E-state index contributed by atoms with van der Waals surface area (Å²) in [7, 11) is 0. The molecule has 144 valence electrons. The van der Waals surface area contributed by atoms with Crippen molar-refractivity contribution in [3.05, 3.63) is 48.0 Å². The molecule has 3 aromatic rings. The van der Waals surface area contributed by atoms with Gasteiger partial charge in [0.15, 0.2) is 23.2 Å². The van der Waals surface area contributed by atoms with E-state index < -0.39 is 31.1 Å². The largest absolute Gasteiger partial charge is 0.394 e. The van der Waals surface area contributed by atoms with Crippen LogP contribution in [0.1, 0.15) is 17.6 Å². The lowest BCUT2D eigenvalue weighted by molar-refractivity contribution is -0.0514. The van der Waals surface area contributed by atoms with Crippen LogP contribution in [0.3, 0.4) is 0 Å². The minimum atomic E-state index is -1.35. The van der Waals surface area contributed by atoms with Gasteiger partial charge in [-0.25, -0.2) is 15.0 Å². The van der Waals surface area contributed by atoms with E-state index >= 15 is 0 Å². The van der Waals surface area contributed by atoms with Crippen LogP contribution in [-0.4, -0.2) is 59.8 Å². The Hall–Kier alpha value is -3.10. The van der Waals surface area contributed by atoms with Gasteiger partial charge in [0.25, 0.3) is 0 Å². The first kappa shape index (κ1) is 18.3. The smallest absolute Gasteiger partial charge is 0.217 e. The summed E-state index contributed by atoms with van der Waals surface area (Å²) in [5.41, 5.74) is 1.65. The zero-order valence-corrected chi connectivity index (χ0v) is 14.7. The highest BCUT2D eigenvalue weighted by atomic mass is 16.6. The molecule has 1 aliphatic heterocycles. The van der Waals surface area contributed by atoms with Crippen molar-refractivity contribution >= 4 is 17.0 Å². The molecule has 0 saturated carbocycles. The van der Waals surface area contributed by atoms with Crippen LogP contribution in [0.5, 0.6) is 0 Å². The third-order valence-corrected chi connectivity index (χ3v) is 4.65. The Morgan fingerprint density at radius 2 is 1.96 bits per heavy atom. The number of aliphatic hydroxyl groups is 3. The fraction of sp³-hybridized carbons (Fsp3) is 0.333. The zero-order valence-electron chi connectivity index (χ0n) is 14.7. The Labute approximate surface area is 159 Å². The molecule has 1 unspecified atom stereocenters. The summed E-state index contributed by atoms with van der Waals surface area (Å²) in [5, 5.41) is 42.3. The zero-order chi connectivity index (χ0) is 19.7. The molecule has 1 aliphatic rings. The summed E-state index contributed by atoms with van der Waals surface area (Å²) in [5.74, 6) is 0.379. The third-order valence-electron chi connectivity index (χ3n) is 4.65. The molecule has 4 rings (SSSR count). The molecule has 1 aromatic carbocycles. The van der Waals surface area contributed by atoms with Crippen molar-refractivity contribution < 1.29 is 20.1 Å². The molecule has 2 aromatic heterocycles. The van der Waals surface area contributed by atoms with Gasteiger partial charge in [-0.3, -0.25) is 4.57 Å². The highest BCUT2D eigenvalue weighted by molar-refractivity contribution is 5.83. The quantitative estimate of drug-likeness (QED) is 0.475. The minimum Gasteiger partial charge on any atom is -0.394 e. The first-order chi connectivity index (χ1) is 13.6. The number of benzene rings is 1. The predicted octanol–water partition coefficient (Wildman–Crippen LogP) is -0.0784. The molecule has 0 spiro atoms. The topological polar surface area (TPSA) is 149 Å². The maximum atomic E-state index is 10.3. The predicted molar refractivity (Wildman–Crippen MR) is 96.8 cm³/mol. The van der Waals surface area contributed by atoms with Crippen LogP contribution in [0, 0.1) is 11.3 Å². The van der Waals surface area contributed by atoms with Gasteiger partial charge in [0.05, 0.1) is 6.61 Å². The molecule has 28 heavy (non-hydrogen) atoms. The second kappa shape index (κ2) is 7.49.